The van der Waals surface area contributed by atoms with Crippen molar-refractivity contribution in [2.75, 3.05) is 0 Å². The van der Waals surface area contributed by atoms with Crippen LogP contribution in [0.5, 0.6) is 0 Å². The van der Waals surface area contributed by atoms with Gasteiger partial charge in [0, 0.05) is 6.20 Å². The van der Waals surface area contributed by atoms with E-state index in [-0.39, 0.29) is 6.10 Å². The van der Waals surface area contributed by atoms with Crippen LogP contribution in [0.15, 0.2) is 12.4 Å². The smallest absolute Gasteiger partial charge is 0.0623 e. The zero-order valence-electron chi connectivity index (χ0n) is 7.36. The van der Waals surface area contributed by atoms with Gasteiger partial charge in [-0.05, 0) is 48.3 Å². The molecule has 0 bridgehead atoms. The van der Waals surface area contributed by atoms with E-state index in [2.05, 4.69) is 33.9 Å². The lowest BCUT2D eigenvalue weighted by molar-refractivity contribution is 0.108. The minimum atomic E-state index is -0.0779. The molecule has 2 rings (SSSR count). The highest BCUT2D eigenvalue weighted by Gasteiger charge is 2.20. The van der Waals surface area contributed by atoms with Crippen molar-refractivity contribution < 1.29 is 5.11 Å². The van der Waals surface area contributed by atoms with Crippen LogP contribution in [-0.4, -0.2) is 21.0 Å². The summed E-state index contributed by atoms with van der Waals surface area (Å²) in [5, 5.41) is 13.6. The van der Waals surface area contributed by atoms with Gasteiger partial charge in [-0.25, -0.2) is 0 Å². The Bertz CT molecular complexity index is 279. The predicted molar refractivity (Wildman–Crippen MR) is 58.5 cm³/mol. The molecule has 13 heavy (non-hydrogen) atoms. The highest BCUT2D eigenvalue weighted by molar-refractivity contribution is 14.1. The van der Waals surface area contributed by atoms with Crippen molar-refractivity contribution in [3.63, 3.8) is 0 Å². The van der Waals surface area contributed by atoms with Crippen molar-refractivity contribution in [3.8, 4) is 0 Å². The molecule has 1 N–H and O–H groups in total. The summed E-state index contributed by atoms with van der Waals surface area (Å²) >= 11 is 2.27. The van der Waals surface area contributed by atoms with Crippen molar-refractivity contribution in [1.82, 2.24) is 9.78 Å². The molecular formula is C9H13IN2O. The lowest BCUT2D eigenvalue weighted by atomic mass is 9.93. The molecular weight excluding hydrogens is 279 g/mol. The van der Waals surface area contributed by atoms with Gasteiger partial charge in [-0.3, -0.25) is 4.68 Å². The summed E-state index contributed by atoms with van der Waals surface area (Å²) in [6.07, 6.45) is 7.82. The maximum atomic E-state index is 9.35. The van der Waals surface area contributed by atoms with Crippen LogP contribution < -0.4 is 0 Å². The van der Waals surface area contributed by atoms with E-state index in [9.17, 15) is 5.11 Å². The Balaban J connectivity index is 2.02. The topological polar surface area (TPSA) is 38.0 Å². The van der Waals surface area contributed by atoms with Crippen LogP contribution in [0.2, 0.25) is 0 Å². The largest absolute Gasteiger partial charge is 0.393 e. The fraction of sp³-hybridized carbons (Fsp3) is 0.667. The van der Waals surface area contributed by atoms with Gasteiger partial charge >= 0.3 is 0 Å². The van der Waals surface area contributed by atoms with Gasteiger partial charge in [0.15, 0.2) is 0 Å². The summed E-state index contributed by atoms with van der Waals surface area (Å²) in [4.78, 5) is 0. The highest BCUT2D eigenvalue weighted by atomic mass is 127. The molecule has 1 saturated carbocycles. The molecule has 4 heteroatoms. The number of rotatable bonds is 1. The highest BCUT2D eigenvalue weighted by Crippen LogP contribution is 2.27. The van der Waals surface area contributed by atoms with Crippen molar-refractivity contribution >= 4 is 22.6 Å². The second-order valence-electron chi connectivity index (χ2n) is 3.60. The zero-order chi connectivity index (χ0) is 9.26. The molecule has 0 unspecified atom stereocenters. The van der Waals surface area contributed by atoms with Crippen molar-refractivity contribution in [1.29, 1.82) is 0 Å². The monoisotopic (exact) mass is 292 g/mol. The van der Waals surface area contributed by atoms with Crippen LogP contribution in [-0.2, 0) is 0 Å². The van der Waals surface area contributed by atoms with E-state index in [1.807, 2.05) is 10.9 Å². The Morgan fingerprint density at radius 2 is 2.08 bits per heavy atom. The Morgan fingerprint density at radius 1 is 1.38 bits per heavy atom. The first kappa shape index (κ1) is 9.45. The van der Waals surface area contributed by atoms with E-state index in [0.29, 0.717) is 6.04 Å². The lowest BCUT2D eigenvalue weighted by Crippen LogP contribution is -2.21. The summed E-state index contributed by atoms with van der Waals surface area (Å²) in [6, 6.07) is 0.506. The number of halogens is 1. The van der Waals surface area contributed by atoms with Gasteiger partial charge in [0.1, 0.15) is 0 Å². The molecule has 3 nitrogen and oxygen atoms in total. The number of nitrogens with zero attached hydrogens (tertiary/aromatic N) is 2. The maximum absolute atomic E-state index is 9.35. The van der Waals surface area contributed by atoms with E-state index in [1.165, 1.54) is 3.57 Å². The number of hydrogen-bond donors (Lipinski definition) is 1. The minimum absolute atomic E-state index is 0.0779. The summed E-state index contributed by atoms with van der Waals surface area (Å²) in [5.74, 6) is 0. The molecule has 1 aliphatic carbocycles. The minimum Gasteiger partial charge on any atom is -0.393 e. The van der Waals surface area contributed by atoms with Crippen molar-refractivity contribution in [3.05, 3.63) is 16.0 Å². The zero-order valence-corrected chi connectivity index (χ0v) is 9.51. The van der Waals surface area contributed by atoms with Gasteiger partial charge in [-0.2, -0.15) is 5.10 Å². The average Bonchev–Trinajstić information content (AvgIpc) is 2.53. The lowest BCUT2D eigenvalue weighted by Gasteiger charge is -2.25. The first-order chi connectivity index (χ1) is 6.25. The summed E-state index contributed by atoms with van der Waals surface area (Å²) in [6.45, 7) is 0. The molecule has 0 atom stereocenters. The molecule has 72 valence electrons. The molecule has 1 aromatic rings. The van der Waals surface area contributed by atoms with Crippen LogP contribution in [0, 0.1) is 3.57 Å². The standard InChI is InChI=1S/C9H13IN2O/c10-7-5-11-12(6-7)8-1-3-9(13)4-2-8/h5-6,8-9,13H,1-4H2/t8-,9+. The van der Waals surface area contributed by atoms with E-state index in [0.717, 1.165) is 25.7 Å². The van der Waals surface area contributed by atoms with Gasteiger partial charge in [0.25, 0.3) is 0 Å². The SMILES string of the molecule is O[C@H]1CC[C@@H](n2cc(I)cn2)CC1. The van der Waals surface area contributed by atoms with Crippen LogP contribution in [0.3, 0.4) is 0 Å². The third-order valence-corrected chi connectivity index (χ3v) is 3.17. The Hall–Kier alpha value is -0.100. The number of hydrogen-bond acceptors (Lipinski definition) is 2. The molecule has 0 aliphatic heterocycles. The maximum Gasteiger partial charge on any atom is 0.0623 e. The normalized spacial score (nSPS) is 29.1. The molecule has 1 aromatic heterocycles. The molecule has 1 heterocycles. The predicted octanol–water partition coefficient (Wildman–Crippen LogP) is 1.96. The van der Waals surface area contributed by atoms with Crippen LogP contribution in [0.25, 0.3) is 0 Å². The van der Waals surface area contributed by atoms with E-state index in [4.69, 9.17) is 0 Å². The second-order valence-corrected chi connectivity index (χ2v) is 4.85. The third kappa shape index (κ3) is 2.22. The fourth-order valence-corrected chi connectivity index (χ4v) is 2.25. The van der Waals surface area contributed by atoms with Crippen LogP contribution in [0.4, 0.5) is 0 Å². The van der Waals surface area contributed by atoms with Crippen molar-refractivity contribution in [2.45, 2.75) is 37.8 Å². The fourth-order valence-electron chi connectivity index (χ4n) is 1.84. The molecule has 0 radical (unpaired) electrons. The molecule has 0 aromatic carbocycles. The van der Waals surface area contributed by atoms with Crippen LogP contribution >= 0.6 is 22.6 Å². The first-order valence-electron chi connectivity index (χ1n) is 4.63. The first-order valence-corrected chi connectivity index (χ1v) is 5.71. The average molecular weight is 292 g/mol. The van der Waals surface area contributed by atoms with Gasteiger partial charge in [-0.1, -0.05) is 0 Å². The summed E-state index contributed by atoms with van der Waals surface area (Å²) < 4.78 is 3.22. The quantitative estimate of drug-likeness (QED) is 0.804. The second kappa shape index (κ2) is 3.96. The van der Waals surface area contributed by atoms with Gasteiger partial charge < -0.3 is 5.11 Å². The van der Waals surface area contributed by atoms with Crippen molar-refractivity contribution in [2.24, 2.45) is 0 Å². The Kier molecular flexibility index (Phi) is 2.88. The van der Waals surface area contributed by atoms with Gasteiger partial charge in [0.05, 0.1) is 21.9 Å². The third-order valence-electron chi connectivity index (χ3n) is 2.61. The van der Waals surface area contributed by atoms with Crippen LogP contribution in [0.1, 0.15) is 31.7 Å². The molecule has 0 spiro atoms. The number of aliphatic hydroxyl groups is 1. The summed E-state index contributed by atoms with van der Waals surface area (Å²) in [5.41, 5.74) is 0. The van der Waals surface area contributed by atoms with E-state index in [1.54, 1.807) is 0 Å². The Morgan fingerprint density at radius 3 is 2.62 bits per heavy atom. The molecule has 1 fully saturated rings. The molecule has 0 amide bonds. The molecule has 0 saturated heterocycles. The van der Waals surface area contributed by atoms with E-state index < -0.39 is 0 Å². The van der Waals surface area contributed by atoms with E-state index >= 15 is 0 Å². The number of aromatic nitrogens is 2. The number of aliphatic hydroxyl groups excluding tert-OH is 1. The summed E-state index contributed by atoms with van der Waals surface area (Å²) in [7, 11) is 0. The van der Waals surface area contributed by atoms with Gasteiger partial charge in [-0.15, -0.1) is 0 Å². The molecule has 1 aliphatic rings. The van der Waals surface area contributed by atoms with Gasteiger partial charge in [0.2, 0.25) is 0 Å². The Labute approximate surface area is 91.3 Å².